The quantitative estimate of drug-likeness (QED) is 0.854. The van der Waals surface area contributed by atoms with Gasteiger partial charge in [-0.25, -0.2) is 0 Å². The Morgan fingerprint density at radius 3 is 2.55 bits per heavy atom. The van der Waals surface area contributed by atoms with E-state index in [1.807, 2.05) is 18.2 Å². The van der Waals surface area contributed by atoms with Crippen LogP contribution in [0.3, 0.4) is 0 Å². The predicted molar refractivity (Wildman–Crippen MR) is 86.9 cm³/mol. The molecule has 0 bridgehead atoms. The summed E-state index contributed by atoms with van der Waals surface area (Å²) in [5.41, 5.74) is 8.58. The van der Waals surface area contributed by atoms with Crippen LogP contribution in [0.15, 0.2) is 30.3 Å². The summed E-state index contributed by atoms with van der Waals surface area (Å²) < 4.78 is 6.94. The third-order valence-electron chi connectivity index (χ3n) is 3.32. The molecule has 0 radical (unpaired) electrons. The molecule has 0 aliphatic heterocycles. The standard InChI is InChI=1S/C16H20ClNOS/c1-4-12(18)16(14-7-8-15(17)20-14)19-13-6-5-10(2)9-11(13)3/h5-9,12,16H,4,18H2,1-3H3. The van der Waals surface area contributed by atoms with Crippen LogP contribution >= 0.6 is 22.9 Å². The maximum atomic E-state index is 6.22. The first kappa shape index (κ1) is 15.4. The van der Waals surface area contributed by atoms with Gasteiger partial charge in [0.2, 0.25) is 0 Å². The van der Waals surface area contributed by atoms with Crippen molar-refractivity contribution in [2.45, 2.75) is 39.3 Å². The summed E-state index contributed by atoms with van der Waals surface area (Å²) in [5.74, 6) is 0.883. The Labute approximate surface area is 129 Å². The average molecular weight is 310 g/mol. The summed E-state index contributed by atoms with van der Waals surface area (Å²) >= 11 is 7.56. The Morgan fingerprint density at radius 1 is 1.25 bits per heavy atom. The number of ether oxygens (including phenoxy) is 1. The maximum absolute atomic E-state index is 6.22. The normalized spacial score (nSPS) is 14.1. The summed E-state index contributed by atoms with van der Waals surface area (Å²) in [6.07, 6.45) is 0.698. The number of nitrogens with two attached hydrogens (primary N) is 1. The topological polar surface area (TPSA) is 35.2 Å². The Morgan fingerprint density at radius 2 is 2.00 bits per heavy atom. The van der Waals surface area contributed by atoms with Crippen molar-refractivity contribution in [1.82, 2.24) is 0 Å². The van der Waals surface area contributed by atoms with E-state index in [2.05, 4.69) is 32.9 Å². The minimum Gasteiger partial charge on any atom is -0.483 e. The number of hydrogen-bond acceptors (Lipinski definition) is 3. The molecule has 2 aromatic rings. The van der Waals surface area contributed by atoms with Crippen LogP contribution in [0.2, 0.25) is 4.34 Å². The zero-order chi connectivity index (χ0) is 14.7. The van der Waals surface area contributed by atoms with Crippen molar-refractivity contribution >= 4 is 22.9 Å². The molecule has 0 saturated carbocycles. The van der Waals surface area contributed by atoms with Crippen LogP contribution in [-0.2, 0) is 0 Å². The molecule has 108 valence electrons. The number of rotatable bonds is 5. The van der Waals surface area contributed by atoms with Crippen molar-refractivity contribution in [2.75, 3.05) is 0 Å². The predicted octanol–water partition coefficient (Wildman–Crippen LogP) is 4.88. The summed E-state index contributed by atoms with van der Waals surface area (Å²) in [5, 5.41) is 0. The van der Waals surface area contributed by atoms with E-state index in [1.54, 1.807) is 0 Å². The van der Waals surface area contributed by atoms with Crippen molar-refractivity contribution in [3.63, 3.8) is 0 Å². The van der Waals surface area contributed by atoms with E-state index in [4.69, 9.17) is 22.1 Å². The van der Waals surface area contributed by atoms with E-state index in [9.17, 15) is 0 Å². The van der Waals surface area contributed by atoms with E-state index >= 15 is 0 Å². The highest BCUT2D eigenvalue weighted by atomic mass is 35.5. The zero-order valence-electron chi connectivity index (χ0n) is 12.0. The Kier molecular flexibility index (Phi) is 5.08. The Balaban J connectivity index is 2.28. The molecule has 0 aliphatic rings. The van der Waals surface area contributed by atoms with Gasteiger partial charge in [0.15, 0.2) is 0 Å². The minimum atomic E-state index is -0.154. The van der Waals surface area contributed by atoms with Gasteiger partial charge in [0.25, 0.3) is 0 Å². The van der Waals surface area contributed by atoms with E-state index in [0.717, 1.165) is 26.9 Å². The zero-order valence-corrected chi connectivity index (χ0v) is 13.6. The lowest BCUT2D eigenvalue weighted by atomic mass is 10.1. The largest absolute Gasteiger partial charge is 0.483 e. The van der Waals surface area contributed by atoms with Gasteiger partial charge in [-0.3, -0.25) is 0 Å². The fourth-order valence-electron chi connectivity index (χ4n) is 2.12. The van der Waals surface area contributed by atoms with Crippen LogP contribution in [0.4, 0.5) is 0 Å². The first-order valence-electron chi connectivity index (χ1n) is 6.76. The van der Waals surface area contributed by atoms with Gasteiger partial charge in [0.1, 0.15) is 11.9 Å². The van der Waals surface area contributed by atoms with Gasteiger partial charge in [-0.15, -0.1) is 11.3 Å². The van der Waals surface area contributed by atoms with E-state index in [0.29, 0.717) is 0 Å². The fourth-order valence-corrected chi connectivity index (χ4v) is 3.29. The number of halogens is 1. The molecule has 0 saturated heterocycles. The molecule has 1 aromatic heterocycles. The van der Waals surface area contributed by atoms with Gasteiger partial charge in [-0.1, -0.05) is 36.2 Å². The first-order chi connectivity index (χ1) is 9.51. The third kappa shape index (κ3) is 3.54. The Bertz CT molecular complexity index is 582. The second-order valence-corrected chi connectivity index (χ2v) is 6.77. The average Bonchev–Trinajstić information content (AvgIpc) is 2.83. The number of aryl methyl sites for hydroxylation is 2. The molecule has 4 heteroatoms. The molecule has 0 spiro atoms. The number of thiophene rings is 1. The second kappa shape index (κ2) is 6.61. The fraction of sp³-hybridized carbons (Fsp3) is 0.375. The van der Waals surface area contributed by atoms with E-state index in [-0.39, 0.29) is 12.1 Å². The van der Waals surface area contributed by atoms with Gasteiger partial charge in [-0.05, 0) is 44.0 Å². The first-order valence-corrected chi connectivity index (χ1v) is 7.95. The van der Waals surface area contributed by atoms with Gasteiger partial charge < -0.3 is 10.5 Å². The highest BCUT2D eigenvalue weighted by Crippen LogP contribution is 2.33. The maximum Gasteiger partial charge on any atom is 0.148 e. The van der Waals surface area contributed by atoms with Gasteiger partial charge in [-0.2, -0.15) is 0 Å². The molecular weight excluding hydrogens is 290 g/mol. The molecule has 2 unspecified atom stereocenters. The molecule has 0 amide bonds. The molecular formula is C16H20ClNOS. The summed E-state index contributed by atoms with van der Waals surface area (Å²) in [7, 11) is 0. The summed E-state index contributed by atoms with van der Waals surface area (Å²) in [4.78, 5) is 1.07. The third-order valence-corrected chi connectivity index (χ3v) is 4.61. The van der Waals surface area contributed by atoms with Crippen molar-refractivity contribution < 1.29 is 4.74 Å². The minimum absolute atomic E-state index is 0.0505. The highest BCUT2D eigenvalue weighted by Gasteiger charge is 2.23. The van der Waals surface area contributed by atoms with Gasteiger partial charge in [0.05, 0.1) is 4.34 Å². The summed E-state index contributed by atoms with van der Waals surface area (Å²) in [6.45, 7) is 6.20. The van der Waals surface area contributed by atoms with Crippen LogP contribution in [0.5, 0.6) is 5.75 Å². The molecule has 0 fully saturated rings. The highest BCUT2D eigenvalue weighted by molar-refractivity contribution is 7.16. The lowest BCUT2D eigenvalue weighted by molar-refractivity contribution is 0.173. The number of hydrogen-bond donors (Lipinski definition) is 1. The molecule has 1 aromatic carbocycles. The van der Waals surface area contributed by atoms with Crippen molar-refractivity contribution in [3.8, 4) is 5.75 Å². The molecule has 1 heterocycles. The van der Waals surface area contributed by atoms with Crippen LogP contribution in [0, 0.1) is 13.8 Å². The van der Waals surface area contributed by atoms with E-state index in [1.165, 1.54) is 16.9 Å². The SMILES string of the molecule is CCC(N)C(Oc1ccc(C)cc1C)c1ccc(Cl)s1. The lowest BCUT2D eigenvalue weighted by Crippen LogP contribution is -2.31. The van der Waals surface area contributed by atoms with Crippen LogP contribution in [0.25, 0.3) is 0 Å². The van der Waals surface area contributed by atoms with Crippen LogP contribution in [-0.4, -0.2) is 6.04 Å². The van der Waals surface area contributed by atoms with Crippen molar-refractivity contribution in [3.05, 3.63) is 50.7 Å². The van der Waals surface area contributed by atoms with Gasteiger partial charge in [0, 0.05) is 10.9 Å². The molecule has 2 atom stereocenters. The number of benzene rings is 1. The molecule has 20 heavy (non-hydrogen) atoms. The van der Waals surface area contributed by atoms with Crippen molar-refractivity contribution in [2.24, 2.45) is 5.73 Å². The molecule has 2 rings (SSSR count). The Hall–Kier alpha value is -1.03. The van der Waals surface area contributed by atoms with Crippen LogP contribution < -0.4 is 10.5 Å². The van der Waals surface area contributed by atoms with E-state index < -0.39 is 0 Å². The molecule has 0 aliphatic carbocycles. The smallest absolute Gasteiger partial charge is 0.148 e. The molecule has 2 nitrogen and oxygen atoms in total. The summed E-state index contributed by atoms with van der Waals surface area (Å²) in [6, 6.07) is 10.0. The van der Waals surface area contributed by atoms with Crippen molar-refractivity contribution in [1.29, 1.82) is 0 Å². The lowest BCUT2D eigenvalue weighted by Gasteiger charge is -2.24. The van der Waals surface area contributed by atoms with Crippen LogP contribution in [0.1, 0.15) is 35.5 Å². The monoisotopic (exact) mass is 309 g/mol. The molecule has 2 N–H and O–H groups in total. The second-order valence-electron chi connectivity index (χ2n) is 5.02. The van der Waals surface area contributed by atoms with Gasteiger partial charge >= 0.3 is 0 Å².